The molecule has 92 valence electrons. The van der Waals surface area contributed by atoms with Crippen LogP contribution in [0.25, 0.3) is 0 Å². The van der Waals surface area contributed by atoms with E-state index in [9.17, 15) is 8.60 Å². The maximum Gasteiger partial charge on any atom is 0.172 e. The Morgan fingerprint density at radius 2 is 1.67 bits per heavy atom. The minimum atomic E-state index is -1.42. The van der Waals surface area contributed by atoms with E-state index in [0.717, 1.165) is 11.1 Å². The van der Waals surface area contributed by atoms with E-state index in [1.807, 2.05) is 19.1 Å². The van der Waals surface area contributed by atoms with Crippen LogP contribution in [0.4, 0.5) is 4.39 Å². The van der Waals surface area contributed by atoms with Gasteiger partial charge in [-0.1, -0.05) is 29.8 Å². The van der Waals surface area contributed by atoms with Crippen molar-refractivity contribution in [3.8, 4) is 0 Å². The highest BCUT2D eigenvalue weighted by Crippen LogP contribution is 2.09. The van der Waals surface area contributed by atoms with Gasteiger partial charge in [0.05, 0.1) is 4.90 Å². The minimum Gasteiger partial charge on any atom is -0.229 e. The van der Waals surface area contributed by atoms with Gasteiger partial charge in [0.25, 0.3) is 0 Å². The standard InChI is InChI=1S/C14H12FNOS/c1-11-2-8-14(9-3-11)18(17)16-10-12-4-6-13(15)7-5-12/h2-10H,1H3. The molecule has 18 heavy (non-hydrogen) atoms. The number of halogens is 1. The highest BCUT2D eigenvalue weighted by molar-refractivity contribution is 7.83. The van der Waals surface area contributed by atoms with Crippen LogP contribution in [0.2, 0.25) is 0 Å². The number of nitrogens with zero attached hydrogens (tertiary/aromatic N) is 1. The van der Waals surface area contributed by atoms with Gasteiger partial charge in [-0.25, -0.2) is 8.60 Å². The second-order valence-electron chi connectivity index (χ2n) is 3.85. The molecular formula is C14H12FNOS. The first-order valence-corrected chi connectivity index (χ1v) is 6.54. The second-order valence-corrected chi connectivity index (χ2v) is 5.03. The fourth-order valence-electron chi connectivity index (χ4n) is 1.37. The van der Waals surface area contributed by atoms with Gasteiger partial charge >= 0.3 is 0 Å². The van der Waals surface area contributed by atoms with Crippen LogP contribution in [0.3, 0.4) is 0 Å². The first-order chi connectivity index (χ1) is 8.65. The predicted molar refractivity (Wildman–Crippen MR) is 71.6 cm³/mol. The third-order valence-electron chi connectivity index (χ3n) is 2.39. The average molecular weight is 261 g/mol. The first kappa shape index (κ1) is 12.6. The molecule has 0 amide bonds. The molecule has 0 bridgehead atoms. The smallest absolute Gasteiger partial charge is 0.172 e. The Morgan fingerprint density at radius 1 is 1.06 bits per heavy atom. The molecule has 0 aliphatic heterocycles. The molecule has 0 radical (unpaired) electrons. The van der Waals surface area contributed by atoms with Gasteiger partial charge in [0.1, 0.15) is 5.82 Å². The zero-order valence-electron chi connectivity index (χ0n) is 9.84. The first-order valence-electron chi connectivity index (χ1n) is 5.43. The number of aryl methyl sites for hydroxylation is 1. The Bertz CT molecular complexity index is 576. The van der Waals surface area contributed by atoms with E-state index in [0.29, 0.717) is 4.90 Å². The van der Waals surface area contributed by atoms with Crippen LogP contribution >= 0.6 is 0 Å². The monoisotopic (exact) mass is 261 g/mol. The molecule has 2 nitrogen and oxygen atoms in total. The quantitative estimate of drug-likeness (QED) is 0.780. The molecule has 1 atom stereocenters. The van der Waals surface area contributed by atoms with Gasteiger partial charge in [0, 0.05) is 6.21 Å². The lowest BCUT2D eigenvalue weighted by Gasteiger charge is -1.97. The Hall–Kier alpha value is -1.81. The van der Waals surface area contributed by atoms with Crippen molar-refractivity contribution in [1.82, 2.24) is 0 Å². The van der Waals surface area contributed by atoms with Crippen LogP contribution < -0.4 is 0 Å². The van der Waals surface area contributed by atoms with Crippen molar-refractivity contribution in [1.29, 1.82) is 0 Å². The summed E-state index contributed by atoms with van der Waals surface area (Å²) in [6.07, 6.45) is 1.48. The zero-order chi connectivity index (χ0) is 13.0. The molecule has 0 aromatic heterocycles. The number of hydrogen-bond acceptors (Lipinski definition) is 1. The largest absolute Gasteiger partial charge is 0.229 e. The van der Waals surface area contributed by atoms with Gasteiger partial charge in [-0.05, 0) is 36.8 Å². The molecule has 0 heterocycles. The number of benzene rings is 2. The maximum absolute atomic E-state index is 12.7. The third-order valence-corrected chi connectivity index (χ3v) is 3.36. The minimum absolute atomic E-state index is 0.299. The lowest BCUT2D eigenvalue weighted by molar-refractivity contribution is 0.628. The Kier molecular flexibility index (Phi) is 3.99. The van der Waals surface area contributed by atoms with E-state index in [2.05, 4.69) is 4.40 Å². The van der Waals surface area contributed by atoms with Crippen LogP contribution in [-0.2, 0) is 11.0 Å². The molecule has 0 saturated heterocycles. The summed E-state index contributed by atoms with van der Waals surface area (Å²) >= 11 is 0. The van der Waals surface area contributed by atoms with Crippen molar-refractivity contribution in [2.45, 2.75) is 11.8 Å². The molecule has 0 fully saturated rings. The van der Waals surface area contributed by atoms with Crippen LogP contribution in [0, 0.1) is 12.7 Å². The number of rotatable bonds is 3. The fraction of sp³-hybridized carbons (Fsp3) is 0.0714. The molecule has 2 aromatic carbocycles. The fourth-order valence-corrected chi connectivity index (χ4v) is 2.08. The van der Waals surface area contributed by atoms with Crippen molar-refractivity contribution < 1.29 is 8.60 Å². The lowest BCUT2D eigenvalue weighted by Crippen LogP contribution is -1.89. The van der Waals surface area contributed by atoms with E-state index < -0.39 is 11.0 Å². The molecule has 0 saturated carbocycles. The Balaban J connectivity index is 2.11. The summed E-state index contributed by atoms with van der Waals surface area (Å²) in [5, 5.41) is 0. The van der Waals surface area contributed by atoms with Gasteiger partial charge in [0.2, 0.25) is 0 Å². The molecule has 2 aromatic rings. The van der Waals surface area contributed by atoms with Crippen molar-refractivity contribution in [2.24, 2.45) is 4.40 Å². The summed E-state index contributed by atoms with van der Waals surface area (Å²) in [4.78, 5) is 0.652. The van der Waals surface area contributed by atoms with Gasteiger partial charge < -0.3 is 0 Å². The Labute approximate surface area is 108 Å². The topological polar surface area (TPSA) is 29.4 Å². The third kappa shape index (κ3) is 3.34. The second kappa shape index (κ2) is 5.69. The molecule has 0 spiro atoms. The van der Waals surface area contributed by atoms with Gasteiger partial charge in [-0.15, -0.1) is 0 Å². The molecule has 0 N–H and O–H groups in total. The summed E-state index contributed by atoms with van der Waals surface area (Å²) in [6, 6.07) is 13.2. The normalized spacial score (nSPS) is 12.8. The summed E-state index contributed by atoms with van der Waals surface area (Å²) in [5.74, 6) is -0.299. The lowest BCUT2D eigenvalue weighted by atomic mass is 10.2. The molecule has 0 aliphatic carbocycles. The molecule has 1 unspecified atom stereocenters. The van der Waals surface area contributed by atoms with Crippen molar-refractivity contribution in [3.05, 3.63) is 65.5 Å². The van der Waals surface area contributed by atoms with Crippen molar-refractivity contribution >= 4 is 17.2 Å². The van der Waals surface area contributed by atoms with Crippen molar-refractivity contribution in [3.63, 3.8) is 0 Å². The van der Waals surface area contributed by atoms with Gasteiger partial charge in [-0.2, -0.15) is 4.40 Å². The van der Waals surface area contributed by atoms with E-state index in [1.165, 1.54) is 18.3 Å². The summed E-state index contributed by atoms with van der Waals surface area (Å²) in [5.41, 5.74) is 1.83. The van der Waals surface area contributed by atoms with E-state index >= 15 is 0 Å². The summed E-state index contributed by atoms with van der Waals surface area (Å²) in [6.45, 7) is 1.97. The van der Waals surface area contributed by atoms with E-state index in [4.69, 9.17) is 0 Å². The molecule has 4 heteroatoms. The van der Waals surface area contributed by atoms with Crippen LogP contribution in [0.1, 0.15) is 11.1 Å². The highest BCUT2D eigenvalue weighted by Gasteiger charge is 2.00. The molecule has 2 rings (SSSR count). The molecular weight excluding hydrogens is 249 g/mol. The van der Waals surface area contributed by atoms with Crippen LogP contribution in [0.15, 0.2) is 57.8 Å². The van der Waals surface area contributed by atoms with Crippen LogP contribution in [-0.4, -0.2) is 10.4 Å². The summed E-state index contributed by atoms with van der Waals surface area (Å²) in [7, 11) is -1.42. The average Bonchev–Trinajstić information content (AvgIpc) is 2.38. The van der Waals surface area contributed by atoms with Gasteiger partial charge in [0.15, 0.2) is 11.0 Å². The zero-order valence-corrected chi connectivity index (χ0v) is 10.7. The highest BCUT2D eigenvalue weighted by atomic mass is 32.2. The number of hydrogen-bond donors (Lipinski definition) is 0. The van der Waals surface area contributed by atoms with Crippen LogP contribution in [0.5, 0.6) is 0 Å². The maximum atomic E-state index is 12.7. The van der Waals surface area contributed by atoms with E-state index in [-0.39, 0.29) is 5.82 Å². The molecule has 0 aliphatic rings. The van der Waals surface area contributed by atoms with E-state index in [1.54, 1.807) is 24.3 Å². The predicted octanol–water partition coefficient (Wildman–Crippen LogP) is 3.28. The SMILES string of the molecule is Cc1ccc(S(=O)N=Cc2ccc(F)cc2)cc1. The summed E-state index contributed by atoms with van der Waals surface area (Å²) < 4.78 is 28.5. The van der Waals surface area contributed by atoms with Gasteiger partial charge in [-0.3, -0.25) is 0 Å². The Morgan fingerprint density at radius 3 is 2.28 bits per heavy atom. The van der Waals surface area contributed by atoms with Crippen molar-refractivity contribution in [2.75, 3.05) is 0 Å².